The van der Waals surface area contributed by atoms with Crippen LogP contribution in [0, 0.1) is 24.1 Å². The SMILES string of the molecule is CCN(Cc1ccc(C#N)cc1F)c1ccc(C)cc1. The van der Waals surface area contributed by atoms with Crippen molar-refractivity contribution in [3.8, 4) is 6.07 Å². The number of nitrogens with zero attached hydrogens (tertiary/aromatic N) is 2. The molecule has 2 aromatic rings. The van der Waals surface area contributed by atoms with Gasteiger partial charge in [0.1, 0.15) is 5.82 Å². The molecule has 102 valence electrons. The van der Waals surface area contributed by atoms with Gasteiger partial charge in [0, 0.05) is 24.3 Å². The van der Waals surface area contributed by atoms with Gasteiger partial charge in [0.25, 0.3) is 0 Å². The molecule has 0 aliphatic heterocycles. The molecule has 0 bridgehead atoms. The first kappa shape index (κ1) is 14.1. The van der Waals surface area contributed by atoms with Crippen LogP contribution in [0.15, 0.2) is 42.5 Å². The summed E-state index contributed by atoms with van der Waals surface area (Å²) in [7, 11) is 0. The van der Waals surface area contributed by atoms with Crippen LogP contribution in [0.1, 0.15) is 23.6 Å². The molecule has 0 aliphatic rings. The Balaban J connectivity index is 2.22. The Morgan fingerprint density at radius 1 is 1.15 bits per heavy atom. The summed E-state index contributed by atoms with van der Waals surface area (Å²) in [5.74, 6) is -0.324. The minimum absolute atomic E-state index is 0.324. The summed E-state index contributed by atoms with van der Waals surface area (Å²) in [6.45, 7) is 5.38. The highest BCUT2D eigenvalue weighted by Gasteiger charge is 2.09. The number of aryl methyl sites for hydroxylation is 1. The van der Waals surface area contributed by atoms with Gasteiger partial charge in [0.05, 0.1) is 11.6 Å². The fourth-order valence-electron chi connectivity index (χ4n) is 2.09. The topological polar surface area (TPSA) is 27.0 Å². The molecule has 3 heteroatoms. The number of hydrogen-bond donors (Lipinski definition) is 0. The Kier molecular flexibility index (Phi) is 4.37. The van der Waals surface area contributed by atoms with Crippen molar-refractivity contribution in [2.45, 2.75) is 20.4 Å². The number of benzene rings is 2. The quantitative estimate of drug-likeness (QED) is 0.837. The first-order valence-corrected chi connectivity index (χ1v) is 6.64. The zero-order chi connectivity index (χ0) is 14.5. The van der Waals surface area contributed by atoms with Crippen molar-refractivity contribution in [1.29, 1.82) is 5.26 Å². The van der Waals surface area contributed by atoms with Gasteiger partial charge in [-0.05, 0) is 38.1 Å². The maximum atomic E-state index is 13.9. The summed E-state index contributed by atoms with van der Waals surface area (Å²) in [5.41, 5.74) is 3.23. The van der Waals surface area contributed by atoms with Crippen LogP contribution in [0.2, 0.25) is 0 Å². The van der Waals surface area contributed by atoms with Crippen LogP contribution in [0.5, 0.6) is 0 Å². The molecule has 0 aliphatic carbocycles. The second-order valence-corrected chi connectivity index (χ2v) is 4.77. The minimum atomic E-state index is -0.324. The maximum absolute atomic E-state index is 13.9. The minimum Gasteiger partial charge on any atom is -0.367 e. The molecule has 0 spiro atoms. The normalized spacial score (nSPS) is 10.1. The molecule has 0 atom stereocenters. The molecule has 0 saturated carbocycles. The van der Waals surface area contributed by atoms with Crippen molar-refractivity contribution in [1.82, 2.24) is 0 Å². The largest absolute Gasteiger partial charge is 0.367 e. The fraction of sp³-hybridized carbons (Fsp3) is 0.235. The van der Waals surface area contributed by atoms with Crippen LogP contribution >= 0.6 is 0 Å². The van der Waals surface area contributed by atoms with Crippen molar-refractivity contribution in [2.24, 2.45) is 0 Å². The Morgan fingerprint density at radius 3 is 2.40 bits per heavy atom. The third-order valence-electron chi connectivity index (χ3n) is 3.32. The molecular weight excluding hydrogens is 251 g/mol. The van der Waals surface area contributed by atoms with Gasteiger partial charge in [-0.1, -0.05) is 23.8 Å². The highest BCUT2D eigenvalue weighted by molar-refractivity contribution is 5.48. The van der Waals surface area contributed by atoms with Gasteiger partial charge in [-0.25, -0.2) is 4.39 Å². The maximum Gasteiger partial charge on any atom is 0.129 e. The molecule has 0 amide bonds. The van der Waals surface area contributed by atoms with Crippen LogP contribution < -0.4 is 4.90 Å². The van der Waals surface area contributed by atoms with E-state index in [2.05, 4.69) is 4.90 Å². The molecule has 0 N–H and O–H groups in total. The zero-order valence-electron chi connectivity index (χ0n) is 11.7. The first-order chi connectivity index (χ1) is 9.63. The lowest BCUT2D eigenvalue weighted by Crippen LogP contribution is -2.22. The van der Waals surface area contributed by atoms with Crippen LogP contribution in [0.3, 0.4) is 0 Å². The summed E-state index contributed by atoms with van der Waals surface area (Å²) in [6, 6.07) is 14.8. The predicted molar refractivity (Wildman–Crippen MR) is 79.0 cm³/mol. The summed E-state index contributed by atoms with van der Waals surface area (Å²) in [5, 5.41) is 8.76. The van der Waals surface area contributed by atoms with Crippen LogP contribution in [-0.4, -0.2) is 6.54 Å². The summed E-state index contributed by atoms with van der Waals surface area (Å²) < 4.78 is 13.9. The average Bonchev–Trinajstić information content (AvgIpc) is 2.47. The highest BCUT2D eigenvalue weighted by atomic mass is 19.1. The summed E-state index contributed by atoms with van der Waals surface area (Å²) in [4.78, 5) is 2.10. The predicted octanol–water partition coefficient (Wildman–Crippen LogP) is 4.03. The number of nitriles is 1. The Hall–Kier alpha value is -2.34. The number of rotatable bonds is 4. The molecule has 2 aromatic carbocycles. The van der Waals surface area contributed by atoms with Gasteiger partial charge < -0.3 is 4.90 Å². The van der Waals surface area contributed by atoms with Crippen LogP contribution in [0.25, 0.3) is 0 Å². The number of hydrogen-bond acceptors (Lipinski definition) is 2. The van der Waals surface area contributed by atoms with E-state index in [4.69, 9.17) is 5.26 Å². The summed E-state index contributed by atoms with van der Waals surface area (Å²) in [6.07, 6.45) is 0. The van der Waals surface area contributed by atoms with Gasteiger partial charge in [0.2, 0.25) is 0 Å². The number of halogens is 1. The van der Waals surface area contributed by atoms with E-state index in [1.54, 1.807) is 12.1 Å². The van der Waals surface area contributed by atoms with E-state index >= 15 is 0 Å². The van der Waals surface area contributed by atoms with E-state index in [0.717, 1.165) is 12.2 Å². The van der Waals surface area contributed by atoms with E-state index < -0.39 is 0 Å². The zero-order valence-corrected chi connectivity index (χ0v) is 11.7. The van der Waals surface area contributed by atoms with Crippen molar-refractivity contribution < 1.29 is 4.39 Å². The molecule has 0 aromatic heterocycles. The molecule has 2 rings (SSSR count). The monoisotopic (exact) mass is 268 g/mol. The van der Waals surface area contributed by atoms with Crippen molar-refractivity contribution in [3.63, 3.8) is 0 Å². The second kappa shape index (κ2) is 6.21. The third kappa shape index (κ3) is 3.16. The lowest BCUT2D eigenvalue weighted by atomic mass is 10.1. The van der Waals surface area contributed by atoms with Crippen LogP contribution in [0.4, 0.5) is 10.1 Å². The van der Waals surface area contributed by atoms with Crippen molar-refractivity contribution in [3.05, 3.63) is 65.0 Å². The molecule has 0 fully saturated rings. The van der Waals surface area contributed by atoms with E-state index in [-0.39, 0.29) is 5.82 Å². The van der Waals surface area contributed by atoms with Crippen LogP contribution in [-0.2, 0) is 6.54 Å². The average molecular weight is 268 g/mol. The van der Waals surface area contributed by atoms with Gasteiger partial charge in [-0.15, -0.1) is 0 Å². The third-order valence-corrected chi connectivity index (χ3v) is 3.32. The standard InChI is InChI=1S/C17H17FN2/c1-3-20(16-8-4-13(2)5-9-16)12-15-7-6-14(11-19)10-17(15)18/h4-10H,3,12H2,1-2H3. The first-order valence-electron chi connectivity index (χ1n) is 6.64. The Bertz CT molecular complexity index is 626. The lowest BCUT2D eigenvalue weighted by molar-refractivity contribution is 0.605. The van der Waals surface area contributed by atoms with E-state index in [1.165, 1.54) is 11.6 Å². The Morgan fingerprint density at radius 2 is 1.85 bits per heavy atom. The van der Waals surface area contributed by atoms with Crippen molar-refractivity contribution >= 4 is 5.69 Å². The second-order valence-electron chi connectivity index (χ2n) is 4.77. The molecule has 0 saturated heterocycles. The summed E-state index contributed by atoms with van der Waals surface area (Å²) >= 11 is 0. The smallest absolute Gasteiger partial charge is 0.129 e. The van der Waals surface area contributed by atoms with Crippen molar-refractivity contribution in [2.75, 3.05) is 11.4 Å². The molecule has 2 nitrogen and oxygen atoms in total. The van der Waals surface area contributed by atoms with E-state index in [1.807, 2.05) is 44.2 Å². The molecule has 0 unspecified atom stereocenters. The molecule has 0 radical (unpaired) electrons. The van der Waals surface area contributed by atoms with Gasteiger partial charge >= 0.3 is 0 Å². The molecule has 0 heterocycles. The van der Waals surface area contributed by atoms with E-state index in [0.29, 0.717) is 17.7 Å². The van der Waals surface area contributed by atoms with Gasteiger partial charge in [0.15, 0.2) is 0 Å². The lowest BCUT2D eigenvalue weighted by Gasteiger charge is -2.23. The fourth-order valence-corrected chi connectivity index (χ4v) is 2.09. The van der Waals surface area contributed by atoms with Gasteiger partial charge in [-0.3, -0.25) is 0 Å². The molecule has 20 heavy (non-hydrogen) atoms. The molecular formula is C17H17FN2. The van der Waals surface area contributed by atoms with E-state index in [9.17, 15) is 4.39 Å². The van der Waals surface area contributed by atoms with Gasteiger partial charge in [-0.2, -0.15) is 5.26 Å². The highest BCUT2D eigenvalue weighted by Crippen LogP contribution is 2.19. The Labute approximate surface area is 119 Å². The number of anilines is 1.